The van der Waals surface area contributed by atoms with Gasteiger partial charge in [0.2, 0.25) is 10.0 Å². The number of amides is 1. The molecule has 2 aromatic rings. The SMILES string of the molecule is COc1cc(C(=O)Nc2ccc(Br)c(CCC3OCCO3)c2)ccc1S(=O)(=O)NC(C)(C)C. The topological polar surface area (TPSA) is 103 Å². The van der Waals surface area contributed by atoms with Crippen molar-refractivity contribution in [3.63, 3.8) is 0 Å². The second-order valence-electron chi connectivity index (χ2n) is 8.69. The van der Waals surface area contributed by atoms with E-state index in [9.17, 15) is 13.2 Å². The van der Waals surface area contributed by atoms with Gasteiger partial charge in [0.25, 0.3) is 5.91 Å². The van der Waals surface area contributed by atoms with Gasteiger partial charge in [-0.15, -0.1) is 0 Å². The van der Waals surface area contributed by atoms with Gasteiger partial charge in [0.1, 0.15) is 10.6 Å². The second-order valence-corrected chi connectivity index (χ2v) is 11.2. The number of methoxy groups -OCH3 is 1. The van der Waals surface area contributed by atoms with Gasteiger partial charge in [0.15, 0.2) is 6.29 Å². The average Bonchev–Trinajstić information content (AvgIpc) is 3.25. The summed E-state index contributed by atoms with van der Waals surface area (Å²) in [7, 11) is -2.45. The summed E-state index contributed by atoms with van der Waals surface area (Å²) >= 11 is 3.54. The molecule has 1 fully saturated rings. The van der Waals surface area contributed by atoms with E-state index in [0.717, 1.165) is 16.5 Å². The third kappa shape index (κ3) is 7.00. The third-order valence-electron chi connectivity index (χ3n) is 4.80. The van der Waals surface area contributed by atoms with Crippen LogP contribution in [-0.4, -0.2) is 46.5 Å². The molecule has 0 aliphatic carbocycles. The number of carbonyl (C=O) groups is 1. The Morgan fingerprint density at radius 2 is 1.85 bits per heavy atom. The molecule has 1 aliphatic rings. The number of rotatable bonds is 8. The predicted molar refractivity (Wildman–Crippen MR) is 129 cm³/mol. The molecule has 0 atom stereocenters. The largest absolute Gasteiger partial charge is 0.495 e. The molecule has 1 heterocycles. The minimum Gasteiger partial charge on any atom is -0.495 e. The van der Waals surface area contributed by atoms with Gasteiger partial charge in [0, 0.05) is 27.7 Å². The maximum absolute atomic E-state index is 12.9. The average molecular weight is 541 g/mol. The highest BCUT2D eigenvalue weighted by Gasteiger charge is 2.26. The minimum absolute atomic E-state index is 0.0289. The van der Waals surface area contributed by atoms with E-state index in [0.29, 0.717) is 25.3 Å². The number of benzene rings is 2. The van der Waals surface area contributed by atoms with Crippen LogP contribution in [0.4, 0.5) is 5.69 Å². The number of nitrogens with one attached hydrogen (secondary N) is 2. The van der Waals surface area contributed by atoms with Crippen molar-refractivity contribution in [1.82, 2.24) is 4.72 Å². The van der Waals surface area contributed by atoms with E-state index >= 15 is 0 Å². The summed E-state index contributed by atoms with van der Waals surface area (Å²) in [5, 5.41) is 2.86. The van der Waals surface area contributed by atoms with Crippen LogP contribution in [0.1, 0.15) is 43.1 Å². The van der Waals surface area contributed by atoms with Gasteiger partial charge in [-0.3, -0.25) is 4.79 Å². The van der Waals surface area contributed by atoms with Crippen LogP contribution in [0.2, 0.25) is 0 Å². The molecule has 2 N–H and O–H groups in total. The summed E-state index contributed by atoms with van der Waals surface area (Å²) < 4.78 is 45.2. The summed E-state index contributed by atoms with van der Waals surface area (Å²) in [4.78, 5) is 12.8. The first-order chi connectivity index (χ1) is 15.5. The van der Waals surface area contributed by atoms with E-state index < -0.39 is 15.6 Å². The standard InChI is InChI=1S/C23H29BrN2O6S/c1-23(2,3)26-33(28,29)20-9-5-16(14-19(20)30-4)22(27)25-17-7-8-18(24)15(13-17)6-10-21-31-11-12-32-21/h5,7-9,13-14,21,26H,6,10-12H2,1-4H3,(H,25,27). The number of ether oxygens (including phenoxy) is 3. The number of sulfonamides is 1. The summed E-state index contributed by atoms with van der Waals surface area (Å²) in [5.74, 6) is -0.288. The lowest BCUT2D eigenvalue weighted by atomic mass is 10.1. The molecule has 1 aliphatic heterocycles. The molecular formula is C23H29BrN2O6S. The first-order valence-electron chi connectivity index (χ1n) is 10.5. The molecule has 2 aromatic carbocycles. The van der Waals surface area contributed by atoms with Gasteiger partial charge in [-0.2, -0.15) is 0 Å². The molecule has 10 heteroatoms. The monoisotopic (exact) mass is 540 g/mol. The van der Waals surface area contributed by atoms with Gasteiger partial charge in [0.05, 0.1) is 20.3 Å². The fourth-order valence-electron chi connectivity index (χ4n) is 3.38. The van der Waals surface area contributed by atoms with Crippen LogP contribution in [-0.2, 0) is 25.9 Å². The molecule has 180 valence electrons. The quantitative estimate of drug-likeness (QED) is 0.522. The lowest BCUT2D eigenvalue weighted by Crippen LogP contribution is -2.40. The number of hydrogen-bond donors (Lipinski definition) is 2. The zero-order chi connectivity index (χ0) is 24.2. The minimum atomic E-state index is -3.82. The van der Waals surface area contributed by atoms with E-state index in [-0.39, 0.29) is 28.4 Å². The smallest absolute Gasteiger partial charge is 0.255 e. The van der Waals surface area contributed by atoms with Crippen molar-refractivity contribution in [1.29, 1.82) is 0 Å². The molecule has 0 unspecified atom stereocenters. The van der Waals surface area contributed by atoms with Gasteiger partial charge in [-0.1, -0.05) is 15.9 Å². The van der Waals surface area contributed by atoms with Crippen LogP contribution in [0, 0.1) is 0 Å². The van der Waals surface area contributed by atoms with Gasteiger partial charge >= 0.3 is 0 Å². The number of hydrogen-bond acceptors (Lipinski definition) is 6. The van der Waals surface area contributed by atoms with Crippen molar-refractivity contribution < 1.29 is 27.4 Å². The van der Waals surface area contributed by atoms with Crippen LogP contribution >= 0.6 is 15.9 Å². The van der Waals surface area contributed by atoms with Crippen LogP contribution in [0.25, 0.3) is 0 Å². The maximum Gasteiger partial charge on any atom is 0.255 e. The molecule has 1 saturated heterocycles. The van der Waals surface area contributed by atoms with Gasteiger partial charge in [-0.05, 0) is 69.2 Å². The Morgan fingerprint density at radius 1 is 1.15 bits per heavy atom. The van der Waals surface area contributed by atoms with E-state index in [2.05, 4.69) is 26.0 Å². The Hall–Kier alpha value is -1.98. The van der Waals surface area contributed by atoms with Crippen molar-refractivity contribution >= 4 is 37.5 Å². The third-order valence-corrected chi connectivity index (χ3v) is 7.37. The summed E-state index contributed by atoms with van der Waals surface area (Å²) in [6, 6.07) is 9.80. The number of halogens is 1. The summed E-state index contributed by atoms with van der Waals surface area (Å²) in [6.45, 7) is 6.47. The molecule has 33 heavy (non-hydrogen) atoms. The van der Waals surface area contributed by atoms with Crippen LogP contribution in [0.3, 0.4) is 0 Å². The fourth-order valence-corrected chi connectivity index (χ4v) is 5.40. The van der Waals surface area contributed by atoms with Crippen molar-refractivity contribution in [2.45, 2.75) is 50.3 Å². The summed E-state index contributed by atoms with van der Waals surface area (Å²) in [5.41, 5.74) is 1.25. The molecule has 1 amide bonds. The van der Waals surface area contributed by atoms with Crippen molar-refractivity contribution in [3.05, 3.63) is 52.0 Å². The fraction of sp³-hybridized carbons (Fsp3) is 0.435. The number of anilines is 1. The number of carbonyl (C=O) groups excluding carboxylic acids is 1. The zero-order valence-electron chi connectivity index (χ0n) is 19.1. The van der Waals surface area contributed by atoms with Crippen LogP contribution in [0.5, 0.6) is 5.75 Å². The molecule has 0 spiro atoms. The van der Waals surface area contributed by atoms with E-state index in [1.807, 2.05) is 12.1 Å². The lowest BCUT2D eigenvalue weighted by molar-refractivity contribution is -0.0462. The Kier molecular flexibility index (Phi) is 8.17. The molecule has 0 aromatic heterocycles. The molecule has 3 rings (SSSR count). The Bertz CT molecular complexity index is 1110. The highest BCUT2D eigenvalue weighted by atomic mass is 79.9. The Labute approximate surface area is 203 Å². The van der Waals surface area contributed by atoms with Gasteiger partial charge < -0.3 is 19.5 Å². The number of aryl methyl sites for hydroxylation is 1. The molecular weight excluding hydrogens is 512 g/mol. The molecule has 0 radical (unpaired) electrons. The van der Waals surface area contributed by atoms with Gasteiger partial charge in [-0.25, -0.2) is 13.1 Å². The van der Waals surface area contributed by atoms with Crippen LogP contribution < -0.4 is 14.8 Å². The molecule has 0 saturated carbocycles. The lowest BCUT2D eigenvalue weighted by Gasteiger charge is -2.21. The first kappa shape index (κ1) is 25.6. The van der Waals surface area contributed by atoms with E-state index in [1.165, 1.54) is 25.3 Å². The normalized spacial score (nSPS) is 14.9. The Balaban J connectivity index is 1.75. The molecule has 8 nitrogen and oxygen atoms in total. The Morgan fingerprint density at radius 3 is 2.48 bits per heavy atom. The first-order valence-corrected chi connectivity index (χ1v) is 12.8. The van der Waals surface area contributed by atoms with Crippen molar-refractivity contribution in [2.24, 2.45) is 0 Å². The van der Waals surface area contributed by atoms with Crippen LogP contribution in [0.15, 0.2) is 45.8 Å². The van der Waals surface area contributed by atoms with Crippen molar-refractivity contribution in [3.8, 4) is 5.75 Å². The summed E-state index contributed by atoms with van der Waals surface area (Å²) in [6.07, 6.45) is 1.23. The highest BCUT2D eigenvalue weighted by molar-refractivity contribution is 9.10. The maximum atomic E-state index is 12.9. The second kappa shape index (κ2) is 10.5. The van der Waals surface area contributed by atoms with E-state index in [4.69, 9.17) is 14.2 Å². The predicted octanol–water partition coefficient (Wildman–Crippen LogP) is 4.09. The highest BCUT2D eigenvalue weighted by Crippen LogP contribution is 2.28. The zero-order valence-corrected chi connectivity index (χ0v) is 21.5. The molecule has 0 bridgehead atoms. The van der Waals surface area contributed by atoms with Crippen molar-refractivity contribution in [2.75, 3.05) is 25.6 Å². The van der Waals surface area contributed by atoms with E-state index in [1.54, 1.807) is 26.8 Å².